The maximum atomic E-state index is 13.9. The van der Waals surface area contributed by atoms with Gasteiger partial charge in [0.05, 0.1) is 5.56 Å². The first kappa shape index (κ1) is 16.2. The summed E-state index contributed by atoms with van der Waals surface area (Å²) in [6.45, 7) is 3.13. The van der Waals surface area contributed by atoms with Crippen LogP contribution in [0.1, 0.15) is 21.5 Å². The number of halogens is 1. The monoisotopic (exact) mass is 300 g/mol. The Bertz CT molecular complexity index is 628. The number of carbonyl (C=O) groups is 1. The van der Waals surface area contributed by atoms with Crippen LogP contribution in [0.3, 0.4) is 0 Å². The van der Waals surface area contributed by atoms with E-state index in [0.29, 0.717) is 19.6 Å². The lowest BCUT2D eigenvalue weighted by Gasteiger charge is -2.22. The molecule has 0 bridgehead atoms. The van der Waals surface area contributed by atoms with Crippen LogP contribution in [0.2, 0.25) is 0 Å². The van der Waals surface area contributed by atoms with Gasteiger partial charge >= 0.3 is 0 Å². The number of aryl methyl sites for hydroxylation is 1. The van der Waals surface area contributed by atoms with Crippen LogP contribution in [0.25, 0.3) is 0 Å². The van der Waals surface area contributed by atoms with E-state index in [4.69, 9.17) is 5.73 Å². The van der Waals surface area contributed by atoms with Gasteiger partial charge in [0.1, 0.15) is 5.82 Å². The Morgan fingerprint density at radius 3 is 2.55 bits per heavy atom. The smallest absolute Gasteiger partial charge is 0.256 e. The van der Waals surface area contributed by atoms with E-state index in [-0.39, 0.29) is 11.5 Å². The second-order valence-corrected chi connectivity index (χ2v) is 5.30. The number of hydrogen-bond acceptors (Lipinski definition) is 2. The predicted molar refractivity (Wildman–Crippen MR) is 86.2 cm³/mol. The summed E-state index contributed by atoms with van der Waals surface area (Å²) >= 11 is 0. The van der Waals surface area contributed by atoms with Gasteiger partial charge in [-0.2, -0.15) is 0 Å². The van der Waals surface area contributed by atoms with E-state index in [1.807, 2.05) is 37.3 Å². The summed E-state index contributed by atoms with van der Waals surface area (Å²) in [5.41, 5.74) is 7.71. The summed E-state index contributed by atoms with van der Waals surface area (Å²) in [6, 6.07) is 14.5. The molecule has 0 heterocycles. The zero-order chi connectivity index (χ0) is 15.9. The molecular weight excluding hydrogens is 279 g/mol. The molecule has 0 unspecified atom stereocenters. The quantitative estimate of drug-likeness (QED) is 0.891. The van der Waals surface area contributed by atoms with Crippen molar-refractivity contribution in [2.24, 2.45) is 5.73 Å². The van der Waals surface area contributed by atoms with Crippen LogP contribution >= 0.6 is 0 Å². The van der Waals surface area contributed by atoms with E-state index in [2.05, 4.69) is 0 Å². The molecule has 0 saturated carbocycles. The van der Waals surface area contributed by atoms with Crippen molar-refractivity contribution < 1.29 is 9.18 Å². The lowest BCUT2D eigenvalue weighted by Crippen LogP contribution is -2.37. The summed E-state index contributed by atoms with van der Waals surface area (Å²) in [5, 5.41) is 0. The summed E-state index contributed by atoms with van der Waals surface area (Å²) in [7, 11) is 0. The van der Waals surface area contributed by atoms with Crippen LogP contribution < -0.4 is 5.73 Å². The maximum absolute atomic E-state index is 13.9. The minimum Gasteiger partial charge on any atom is -0.337 e. The third kappa shape index (κ3) is 4.15. The van der Waals surface area contributed by atoms with E-state index in [0.717, 1.165) is 17.5 Å². The van der Waals surface area contributed by atoms with Gasteiger partial charge in [-0.05, 0) is 31.0 Å². The van der Waals surface area contributed by atoms with Crippen molar-refractivity contribution in [3.8, 4) is 0 Å². The summed E-state index contributed by atoms with van der Waals surface area (Å²) in [4.78, 5) is 14.2. The fourth-order valence-corrected chi connectivity index (χ4v) is 2.35. The van der Waals surface area contributed by atoms with Crippen molar-refractivity contribution in [1.82, 2.24) is 4.90 Å². The van der Waals surface area contributed by atoms with E-state index in [1.165, 1.54) is 6.07 Å². The van der Waals surface area contributed by atoms with Crippen LogP contribution in [0.4, 0.5) is 4.39 Å². The number of amides is 1. The Morgan fingerprint density at radius 2 is 1.86 bits per heavy atom. The second kappa shape index (κ2) is 7.71. The van der Waals surface area contributed by atoms with E-state index >= 15 is 0 Å². The first-order chi connectivity index (χ1) is 10.6. The van der Waals surface area contributed by atoms with Gasteiger partial charge in [-0.15, -0.1) is 0 Å². The molecule has 116 valence electrons. The summed E-state index contributed by atoms with van der Waals surface area (Å²) in [5.74, 6) is -0.792. The number of hydrogen-bond donors (Lipinski definition) is 1. The van der Waals surface area contributed by atoms with Gasteiger partial charge in [-0.25, -0.2) is 4.39 Å². The number of carbonyl (C=O) groups excluding carboxylic acids is 1. The van der Waals surface area contributed by atoms with Crippen molar-refractivity contribution >= 4 is 5.91 Å². The van der Waals surface area contributed by atoms with Gasteiger partial charge in [-0.1, -0.05) is 42.0 Å². The van der Waals surface area contributed by atoms with Crippen molar-refractivity contribution in [3.05, 3.63) is 71.0 Å². The Balaban J connectivity index is 2.12. The molecule has 2 aromatic carbocycles. The fourth-order valence-electron chi connectivity index (χ4n) is 2.35. The predicted octanol–water partition coefficient (Wildman–Crippen LogP) is 2.78. The molecular formula is C18H21FN2O. The Morgan fingerprint density at radius 1 is 1.14 bits per heavy atom. The zero-order valence-electron chi connectivity index (χ0n) is 12.8. The minimum atomic E-state index is -0.489. The van der Waals surface area contributed by atoms with E-state index < -0.39 is 5.82 Å². The Hall–Kier alpha value is -2.20. The Kier molecular flexibility index (Phi) is 5.67. The third-order valence-corrected chi connectivity index (χ3v) is 3.55. The standard InChI is InChI=1S/C18H21FN2O/c1-14-7-8-17(19)16(13-14)18(22)21(12-10-20)11-9-15-5-3-2-4-6-15/h2-8,13H,9-12,20H2,1H3. The molecule has 2 aromatic rings. The molecule has 3 nitrogen and oxygen atoms in total. The van der Waals surface area contributed by atoms with Crippen molar-refractivity contribution in [2.75, 3.05) is 19.6 Å². The molecule has 0 aliphatic carbocycles. The van der Waals surface area contributed by atoms with Crippen LogP contribution in [0, 0.1) is 12.7 Å². The molecule has 2 rings (SSSR count). The summed E-state index contributed by atoms with van der Waals surface area (Å²) in [6.07, 6.45) is 0.722. The average molecular weight is 300 g/mol. The average Bonchev–Trinajstić information content (AvgIpc) is 2.54. The number of nitrogens with zero attached hydrogens (tertiary/aromatic N) is 1. The number of benzene rings is 2. The molecule has 0 fully saturated rings. The fraction of sp³-hybridized carbons (Fsp3) is 0.278. The zero-order valence-corrected chi connectivity index (χ0v) is 12.8. The van der Waals surface area contributed by atoms with Gasteiger partial charge in [0.25, 0.3) is 5.91 Å². The number of rotatable bonds is 6. The molecule has 0 aliphatic rings. The lowest BCUT2D eigenvalue weighted by atomic mass is 10.1. The molecule has 0 aromatic heterocycles. The highest BCUT2D eigenvalue weighted by Gasteiger charge is 2.18. The second-order valence-electron chi connectivity index (χ2n) is 5.30. The van der Waals surface area contributed by atoms with Crippen molar-refractivity contribution in [1.29, 1.82) is 0 Å². The normalized spacial score (nSPS) is 10.5. The van der Waals surface area contributed by atoms with Gasteiger partial charge in [0.15, 0.2) is 0 Å². The van der Waals surface area contributed by atoms with Crippen LogP contribution in [0.5, 0.6) is 0 Å². The van der Waals surface area contributed by atoms with Crippen LogP contribution in [-0.4, -0.2) is 30.4 Å². The topological polar surface area (TPSA) is 46.3 Å². The molecule has 0 radical (unpaired) electrons. The molecule has 0 atom stereocenters. The SMILES string of the molecule is Cc1ccc(F)c(C(=O)N(CCN)CCc2ccccc2)c1. The highest BCUT2D eigenvalue weighted by molar-refractivity contribution is 5.94. The largest absolute Gasteiger partial charge is 0.337 e. The number of nitrogens with two attached hydrogens (primary N) is 1. The van der Waals surface area contributed by atoms with Gasteiger partial charge in [0, 0.05) is 19.6 Å². The molecule has 0 saturated heterocycles. The molecule has 4 heteroatoms. The van der Waals surface area contributed by atoms with Crippen molar-refractivity contribution in [3.63, 3.8) is 0 Å². The minimum absolute atomic E-state index is 0.113. The van der Waals surface area contributed by atoms with Gasteiger partial charge in [-0.3, -0.25) is 4.79 Å². The lowest BCUT2D eigenvalue weighted by molar-refractivity contribution is 0.0757. The van der Waals surface area contributed by atoms with E-state index in [1.54, 1.807) is 17.0 Å². The first-order valence-corrected chi connectivity index (χ1v) is 7.41. The highest BCUT2D eigenvalue weighted by Crippen LogP contribution is 2.13. The maximum Gasteiger partial charge on any atom is 0.256 e. The third-order valence-electron chi connectivity index (χ3n) is 3.55. The molecule has 22 heavy (non-hydrogen) atoms. The Labute approximate surface area is 130 Å². The highest BCUT2D eigenvalue weighted by atomic mass is 19.1. The molecule has 1 amide bonds. The summed E-state index contributed by atoms with van der Waals surface area (Å²) < 4.78 is 13.9. The van der Waals surface area contributed by atoms with Crippen molar-refractivity contribution in [2.45, 2.75) is 13.3 Å². The molecule has 0 spiro atoms. The first-order valence-electron chi connectivity index (χ1n) is 7.41. The van der Waals surface area contributed by atoms with Gasteiger partial charge < -0.3 is 10.6 Å². The van der Waals surface area contributed by atoms with Gasteiger partial charge in [0.2, 0.25) is 0 Å². The molecule has 0 aliphatic heterocycles. The van der Waals surface area contributed by atoms with Crippen LogP contribution in [0.15, 0.2) is 48.5 Å². The van der Waals surface area contributed by atoms with Crippen LogP contribution in [-0.2, 0) is 6.42 Å². The van der Waals surface area contributed by atoms with E-state index in [9.17, 15) is 9.18 Å². The molecule has 2 N–H and O–H groups in total.